The number of nitrogens with zero attached hydrogens (tertiary/aromatic N) is 2. The topological polar surface area (TPSA) is 35.6 Å². The van der Waals surface area contributed by atoms with E-state index in [1.807, 2.05) is 0 Å². The van der Waals surface area contributed by atoms with E-state index < -0.39 is 0 Å². The van der Waals surface area contributed by atoms with Gasteiger partial charge in [-0.2, -0.15) is 0 Å². The van der Waals surface area contributed by atoms with Crippen molar-refractivity contribution in [2.45, 2.75) is 64.5 Å². The maximum atomic E-state index is 12.6. The monoisotopic (exact) mass is 281 g/mol. The molecule has 2 heterocycles. The number of hydrogen-bond acceptors (Lipinski definition) is 3. The van der Waals surface area contributed by atoms with E-state index in [1.165, 1.54) is 13.0 Å². The minimum absolute atomic E-state index is 0.0809. The summed E-state index contributed by atoms with van der Waals surface area (Å²) in [4.78, 5) is 17.3. The first-order chi connectivity index (χ1) is 9.76. The van der Waals surface area contributed by atoms with Gasteiger partial charge in [0, 0.05) is 25.7 Å². The summed E-state index contributed by atoms with van der Waals surface area (Å²) >= 11 is 0. The van der Waals surface area contributed by atoms with Gasteiger partial charge in [0.25, 0.3) is 0 Å². The number of piperidine rings is 2. The lowest BCUT2D eigenvalue weighted by molar-refractivity contribution is -0.139. The van der Waals surface area contributed by atoms with Crippen LogP contribution in [0.15, 0.2) is 0 Å². The first kappa shape index (κ1) is 15.8. The zero-order valence-corrected chi connectivity index (χ0v) is 13.2. The number of nitrogens with one attached hydrogen (secondary N) is 1. The summed E-state index contributed by atoms with van der Waals surface area (Å²) in [5.41, 5.74) is 0. The minimum Gasteiger partial charge on any atom is -0.338 e. The molecule has 2 aliphatic heterocycles. The summed E-state index contributed by atoms with van der Waals surface area (Å²) in [6.45, 7) is 9.86. The molecule has 0 aromatic heterocycles. The number of likely N-dealkylation sites (tertiary alicyclic amines) is 2. The summed E-state index contributed by atoms with van der Waals surface area (Å²) in [7, 11) is 0. The van der Waals surface area contributed by atoms with Crippen LogP contribution in [0.4, 0.5) is 0 Å². The maximum absolute atomic E-state index is 12.6. The Morgan fingerprint density at radius 2 is 1.85 bits per heavy atom. The van der Waals surface area contributed by atoms with Crippen LogP contribution in [0.3, 0.4) is 0 Å². The highest BCUT2D eigenvalue weighted by Crippen LogP contribution is 2.22. The molecule has 1 amide bonds. The van der Waals surface area contributed by atoms with Gasteiger partial charge in [0.15, 0.2) is 0 Å². The molecule has 20 heavy (non-hydrogen) atoms. The van der Waals surface area contributed by atoms with Gasteiger partial charge in [-0.05, 0) is 51.6 Å². The van der Waals surface area contributed by atoms with Gasteiger partial charge >= 0.3 is 0 Å². The van der Waals surface area contributed by atoms with Gasteiger partial charge in [-0.15, -0.1) is 0 Å². The van der Waals surface area contributed by atoms with Crippen LogP contribution in [0.25, 0.3) is 0 Å². The second-order valence-electron chi connectivity index (χ2n) is 6.25. The van der Waals surface area contributed by atoms with E-state index >= 15 is 0 Å². The zero-order valence-electron chi connectivity index (χ0n) is 13.2. The first-order valence-electron chi connectivity index (χ1n) is 8.52. The van der Waals surface area contributed by atoms with Crippen LogP contribution in [0, 0.1) is 0 Å². The molecule has 1 unspecified atom stereocenters. The standard InChI is InChI=1S/C16H31N3O/c1-3-9-17-15-6-5-11-19(16(15)20)14-7-12-18(10-4-2)13-8-14/h14-15,17H,3-13H2,1-2H3. The highest BCUT2D eigenvalue weighted by atomic mass is 16.2. The molecule has 0 aromatic rings. The number of carbonyl (C=O) groups is 1. The lowest BCUT2D eigenvalue weighted by atomic mass is 9.97. The Kier molecular flexibility index (Phi) is 6.30. The van der Waals surface area contributed by atoms with E-state index in [9.17, 15) is 4.79 Å². The third kappa shape index (κ3) is 3.95. The molecule has 2 saturated heterocycles. The molecule has 0 aromatic carbocycles. The largest absolute Gasteiger partial charge is 0.338 e. The van der Waals surface area contributed by atoms with Gasteiger partial charge in [-0.25, -0.2) is 0 Å². The molecule has 2 rings (SSSR count). The molecular formula is C16H31N3O. The summed E-state index contributed by atoms with van der Waals surface area (Å²) in [5, 5.41) is 3.42. The van der Waals surface area contributed by atoms with E-state index in [0.29, 0.717) is 11.9 Å². The van der Waals surface area contributed by atoms with Crippen LogP contribution in [0.1, 0.15) is 52.4 Å². The van der Waals surface area contributed by atoms with Crippen molar-refractivity contribution in [1.29, 1.82) is 0 Å². The highest BCUT2D eigenvalue weighted by Gasteiger charge is 2.34. The smallest absolute Gasteiger partial charge is 0.239 e. The fourth-order valence-electron chi connectivity index (χ4n) is 3.54. The Morgan fingerprint density at radius 3 is 2.50 bits per heavy atom. The molecule has 4 nitrogen and oxygen atoms in total. The average molecular weight is 281 g/mol. The fraction of sp³-hybridized carbons (Fsp3) is 0.938. The molecule has 2 aliphatic rings. The molecule has 0 bridgehead atoms. The normalized spacial score (nSPS) is 26.2. The van der Waals surface area contributed by atoms with Crippen molar-refractivity contribution in [3.05, 3.63) is 0 Å². The molecule has 0 aliphatic carbocycles. The highest BCUT2D eigenvalue weighted by molar-refractivity contribution is 5.83. The Bertz CT molecular complexity index is 300. The third-order valence-electron chi connectivity index (χ3n) is 4.65. The van der Waals surface area contributed by atoms with E-state index in [1.54, 1.807) is 0 Å². The Balaban J connectivity index is 1.84. The van der Waals surface area contributed by atoms with Gasteiger partial charge in [-0.3, -0.25) is 4.79 Å². The van der Waals surface area contributed by atoms with Crippen molar-refractivity contribution in [3.8, 4) is 0 Å². The lowest BCUT2D eigenvalue weighted by Gasteiger charge is -2.42. The maximum Gasteiger partial charge on any atom is 0.239 e. The second-order valence-corrected chi connectivity index (χ2v) is 6.25. The molecule has 4 heteroatoms. The van der Waals surface area contributed by atoms with Crippen LogP contribution < -0.4 is 5.32 Å². The Labute approximate surface area is 123 Å². The summed E-state index contributed by atoms with van der Waals surface area (Å²) in [6, 6.07) is 0.569. The van der Waals surface area contributed by atoms with Gasteiger partial charge in [0.05, 0.1) is 6.04 Å². The van der Waals surface area contributed by atoms with E-state index in [4.69, 9.17) is 0 Å². The quantitative estimate of drug-likeness (QED) is 0.807. The molecule has 0 saturated carbocycles. The number of amides is 1. The summed E-state index contributed by atoms with van der Waals surface area (Å²) < 4.78 is 0. The summed E-state index contributed by atoms with van der Waals surface area (Å²) in [5.74, 6) is 0.360. The SMILES string of the molecule is CCCNC1CCCN(C2CCN(CCC)CC2)C1=O. The van der Waals surface area contributed by atoms with Crippen molar-refractivity contribution in [2.24, 2.45) is 0 Å². The van der Waals surface area contributed by atoms with Crippen molar-refractivity contribution in [1.82, 2.24) is 15.1 Å². The molecular weight excluding hydrogens is 250 g/mol. The molecule has 1 N–H and O–H groups in total. The molecule has 116 valence electrons. The third-order valence-corrected chi connectivity index (χ3v) is 4.65. The minimum atomic E-state index is 0.0809. The van der Waals surface area contributed by atoms with Crippen LogP contribution in [0.2, 0.25) is 0 Å². The van der Waals surface area contributed by atoms with E-state index in [-0.39, 0.29) is 6.04 Å². The molecule has 0 radical (unpaired) electrons. The molecule has 0 spiro atoms. The number of hydrogen-bond donors (Lipinski definition) is 1. The number of carbonyl (C=O) groups excluding carboxylic acids is 1. The molecule has 1 atom stereocenters. The van der Waals surface area contributed by atoms with Crippen molar-refractivity contribution in [3.63, 3.8) is 0 Å². The zero-order chi connectivity index (χ0) is 14.4. The van der Waals surface area contributed by atoms with Gasteiger partial charge in [-0.1, -0.05) is 13.8 Å². The average Bonchev–Trinajstić information content (AvgIpc) is 2.48. The predicted molar refractivity (Wildman–Crippen MR) is 82.8 cm³/mol. The van der Waals surface area contributed by atoms with E-state index in [0.717, 1.165) is 58.3 Å². The summed E-state index contributed by atoms with van der Waals surface area (Å²) in [6.07, 6.45) is 6.82. The molecule has 2 fully saturated rings. The predicted octanol–water partition coefficient (Wildman–Crippen LogP) is 1.85. The van der Waals surface area contributed by atoms with Gasteiger partial charge in [0.1, 0.15) is 0 Å². The van der Waals surface area contributed by atoms with Crippen molar-refractivity contribution >= 4 is 5.91 Å². The second kappa shape index (κ2) is 7.99. The van der Waals surface area contributed by atoms with Crippen LogP contribution >= 0.6 is 0 Å². The Morgan fingerprint density at radius 1 is 1.10 bits per heavy atom. The van der Waals surface area contributed by atoms with Crippen molar-refractivity contribution < 1.29 is 4.79 Å². The van der Waals surface area contributed by atoms with Crippen LogP contribution in [-0.2, 0) is 4.79 Å². The lowest BCUT2D eigenvalue weighted by Crippen LogP contribution is -2.56. The van der Waals surface area contributed by atoms with E-state index in [2.05, 4.69) is 29.0 Å². The fourth-order valence-corrected chi connectivity index (χ4v) is 3.54. The number of rotatable bonds is 6. The van der Waals surface area contributed by atoms with Gasteiger partial charge in [0.2, 0.25) is 5.91 Å². The van der Waals surface area contributed by atoms with Gasteiger partial charge < -0.3 is 15.1 Å². The van der Waals surface area contributed by atoms with Crippen LogP contribution in [0.5, 0.6) is 0 Å². The Hall–Kier alpha value is -0.610. The first-order valence-corrected chi connectivity index (χ1v) is 8.52. The van der Waals surface area contributed by atoms with Crippen LogP contribution in [-0.4, -0.2) is 60.5 Å². The van der Waals surface area contributed by atoms with Crippen molar-refractivity contribution in [2.75, 3.05) is 32.7 Å².